The molecule has 0 radical (unpaired) electrons. The SMILES string of the molecule is O=Cc1occc1C(O)C(O)CNC(=O)OCc1ccccc1. The molecule has 1 aromatic heterocycles. The molecule has 23 heavy (non-hydrogen) atoms. The number of carbonyl (C=O) groups excluding carboxylic acids is 2. The van der Waals surface area contributed by atoms with E-state index in [9.17, 15) is 19.8 Å². The number of carbonyl (C=O) groups is 2. The summed E-state index contributed by atoms with van der Waals surface area (Å²) in [6.45, 7) is -0.138. The predicted molar refractivity (Wildman–Crippen MR) is 79.7 cm³/mol. The Kier molecular flexibility index (Phi) is 5.90. The lowest BCUT2D eigenvalue weighted by Gasteiger charge is -2.17. The van der Waals surface area contributed by atoms with Gasteiger partial charge in [-0.15, -0.1) is 0 Å². The third-order valence-corrected chi connectivity index (χ3v) is 3.19. The molecule has 0 saturated heterocycles. The molecule has 7 nitrogen and oxygen atoms in total. The molecule has 3 N–H and O–H groups in total. The van der Waals surface area contributed by atoms with Gasteiger partial charge in [0.1, 0.15) is 18.8 Å². The third kappa shape index (κ3) is 4.67. The fourth-order valence-corrected chi connectivity index (χ4v) is 1.95. The van der Waals surface area contributed by atoms with Crippen molar-refractivity contribution in [1.29, 1.82) is 0 Å². The van der Waals surface area contributed by atoms with Crippen molar-refractivity contribution in [3.8, 4) is 0 Å². The Bertz CT molecular complexity index is 639. The van der Waals surface area contributed by atoms with Crippen LogP contribution < -0.4 is 5.32 Å². The summed E-state index contributed by atoms with van der Waals surface area (Å²) in [7, 11) is 0. The highest BCUT2D eigenvalue weighted by molar-refractivity contribution is 5.73. The molecular weight excluding hydrogens is 302 g/mol. The Balaban J connectivity index is 1.78. The van der Waals surface area contributed by atoms with Crippen molar-refractivity contribution in [1.82, 2.24) is 5.32 Å². The van der Waals surface area contributed by atoms with Gasteiger partial charge in [-0.25, -0.2) is 4.79 Å². The van der Waals surface area contributed by atoms with Gasteiger partial charge in [0, 0.05) is 12.1 Å². The number of aldehydes is 1. The molecule has 0 aliphatic carbocycles. The van der Waals surface area contributed by atoms with Gasteiger partial charge < -0.3 is 24.7 Å². The first kappa shape index (κ1) is 16.7. The summed E-state index contributed by atoms with van der Waals surface area (Å²) in [5.41, 5.74) is 0.990. The maximum absolute atomic E-state index is 11.6. The number of aliphatic hydroxyl groups excluding tert-OH is 2. The van der Waals surface area contributed by atoms with Crippen molar-refractivity contribution in [3.63, 3.8) is 0 Å². The number of hydrogen-bond donors (Lipinski definition) is 3. The molecule has 0 saturated carbocycles. The first-order valence-electron chi connectivity index (χ1n) is 6.95. The van der Waals surface area contributed by atoms with Gasteiger partial charge in [-0.1, -0.05) is 30.3 Å². The summed E-state index contributed by atoms with van der Waals surface area (Å²) >= 11 is 0. The van der Waals surface area contributed by atoms with E-state index in [0.29, 0.717) is 6.29 Å². The summed E-state index contributed by atoms with van der Waals surface area (Å²) in [6.07, 6.45) is -1.72. The van der Waals surface area contributed by atoms with Gasteiger partial charge in [0.2, 0.25) is 0 Å². The van der Waals surface area contributed by atoms with E-state index < -0.39 is 18.3 Å². The zero-order valence-corrected chi connectivity index (χ0v) is 12.2. The van der Waals surface area contributed by atoms with Crippen LogP contribution in [0.3, 0.4) is 0 Å². The smallest absolute Gasteiger partial charge is 0.407 e. The molecule has 0 fully saturated rings. The monoisotopic (exact) mass is 319 g/mol. The van der Waals surface area contributed by atoms with Gasteiger partial charge >= 0.3 is 6.09 Å². The highest BCUT2D eigenvalue weighted by Gasteiger charge is 2.23. The van der Waals surface area contributed by atoms with Crippen LogP contribution in [0.25, 0.3) is 0 Å². The fraction of sp³-hybridized carbons (Fsp3) is 0.250. The van der Waals surface area contributed by atoms with E-state index in [0.717, 1.165) is 5.56 Å². The molecule has 2 aromatic rings. The molecule has 2 atom stereocenters. The van der Waals surface area contributed by atoms with Crippen molar-refractivity contribution >= 4 is 12.4 Å². The van der Waals surface area contributed by atoms with Gasteiger partial charge in [0.25, 0.3) is 0 Å². The van der Waals surface area contributed by atoms with Crippen LogP contribution in [0.15, 0.2) is 47.1 Å². The van der Waals surface area contributed by atoms with Crippen LogP contribution in [0.2, 0.25) is 0 Å². The number of nitrogens with one attached hydrogen (secondary N) is 1. The van der Waals surface area contributed by atoms with Crippen LogP contribution in [-0.2, 0) is 11.3 Å². The maximum atomic E-state index is 11.6. The molecule has 0 spiro atoms. The van der Waals surface area contributed by atoms with Crippen molar-refractivity contribution in [2.75, 3.05) is 6.54 Å². The van der Waals surface area contributed by atoms with Gasteiger partial charge in [-0.3, -0.25) is 4.79 Å². The van der Waals surface area contributed by atoms with Crippen molar-refractivity contribution in [2.24, 2.45) is 0 Å². The van der Waals surface area contributed by atoms with Crippen LogP contribution in [0.4, 0.5) is 4.79 Å². The maximum Gasteiger partial charge on any atom is 0.407 e. The topological polar surface area (TPSA) is 109 Å². The Hall–Kier alpha value is -2.64. The molecule has 2 rings (SSSR count). The number of aliphatic hydroxyl groups is 2. The average molecular weight is 319 g/mol. The minimum absolute atomic E-state index is 0.0665. The second kappa shape index (κ2) is 8.11. The highest BCUT2D eigenvalue weighted by Crippen LogP contribution is 2.20. The summed E-state index contributed by atoms with van der Waals surface area (Å²) in [5, 5.41) is 22.2. The van der Waals surface area contributed by atoms with Gasteiger partial charge in [0.05, 0.1) is 6.26 Å². The predicted octanol–water partition coefficient (Wildman–Crippen LogP) is 1.41. The van der Waals surface area contributed by atoms with Crippen molar-refractivity contribution in [3.05, 3.63) is 59.5 Å². The zero-order valence-electron chi connectivity index (χ0n) is 12.2. The Morgan fingerprint density at radius 3 is 2.70 bits per heavy atom. The summed E-state index contributed by atoms with van der Waals surface area (Å²) < 4.78 is 9.82. The number of alkyl carbamates (subject to hydrolysis) is 1. The summed E-state index contributed by atoms with van der Waals surface area (Å²) in [4.78, 5) is 22.3. The molecule has 0 bridgehead atoms. The fourth-order valence-electron chi connectivity index (χ4n) is 1.95. The zero-order chi connectivity index (χ0) is 16.7. The van der Waals surface area contributed by atoms with Crippen molar-refractivity contribution < 1.29 is 29.0 Å². The molecule has 1 heterocycles. The first-order chi connectivity index (χ1) is 11.1. The number of ether oxygens (including phenoxy) is 1. The summed E-state index contributed by atoms with van der Waals surface area (Å²) in [5.74, 6) is -0.0665. The van der Waals surface area contributed by atoms with E-state index in [1.807, 2.05) is 30.3 Å². The number of furan rings is 1. The molecule has 7 heteroatoms. The van der Waals surface area contributed by atoms with Crippen LogP contribution in [0.1, 0.15) is 27.8 Å². The van der Waals surface area contributed by atoms with E-state index in [1.165, 1.54) is 12.3 Å². The molecular formula is C16H17NO6. The van der Waals surface area contributed by atoms with E-state index in [2.05, 4.69) is 5.32 Å². The largest absolute Gasteiger partial charge is 0.461 e. The average Bonchev–Trinajstić information content (AvgIpc) is 3.06. The number of hydrogen-bond acceptors (Lipinski definition) is 6. The Morgan fingerprint density at radius 2 is 2.00 bits per heavy atom. The van der Waals surface area contributed by atoms with Crippen LogP contribution >= 0.6 is 0 Å². The lowest BCUT2D eigenvalue weighted by Crippen LogP contribution is -2.35. The minimum Gasteiger partial charge on any atom is -0.461 e. The third-order valence-electron chi connectivity index (χ3n) is 3.19. The number of benzene rings is 1. The lowest BCUT2D eigenvalue weighted by molar-refractivity contribution is 0.0176. The van der Waals surface area contributed by atoms with Gasteiger partial charge in [-0.2, -0.15) is 0 Å². The minimum atomic E-state index is -1.36. The van der Waals surface area contributed by atoms with E-state index in [4.69, 9.17) is 9.15 Å². The highest BCUT2D eigenvalue weighted by atomic mass is 16.5. The van der Waals surface area contributed by atoms with E-state index >= 15 is 0 Å². The molecule has 2 unspecified atom stereocenters. The standard InChI is InChI=1S/C16H17NO6/c18-9-14-12(6-7-22-14)15(20)13(19)8-17-16(21)23-10-11-4-2-1-3-5-11/h1-7,9,13,15,19-20H,8,10H2,(H,17,21). The Morgan fingerprint density at radius 1 is 1.26 bits per heavy atom. The molecule has 122 valence electrons. The normalized spacial score (nSPS) is 13.1. The second-order valence-electron chi connectivity index (χ2n) is 4.81. The van der Waals surface area contributed by atoms with Gasteiger partial charge in [0.15, 0.2) is 12.0 Å². The van der Waals surface area contributed by atoms with Gasteiger partial charge in [-0.05, 0) is 11.6 Å². The quantitative estimate of drug-likeness (QED) is 0.666. The van der Waals surface area contributed by atoms with Crippen LogP contribution in [0.5, 0.6) is 0 Å². The lowest BCUT2D eigenvalue weighted by atomic mass is 10.1. The van der Waals surface area contributed by atoms with Crippen molar-refractivity contribution in [2.45, 2.75) is 18.8 Å². The van der Waals surface area contributed by atoms with Crippen LogP contribution in [0, 0.1) is 0 Å². The molecule has 1 aromatic carbocycles. The Labute approximate surface area is 132 Å². The molecule has 1 amide bonds. The summed E-state index contributed by atoms with van der Waals surface area (Å²) in [6, 6.07) is 10.5. The second-order valence-corrected chi connectivity index (χ2v) is 4.81. The first-order valence-corrected chi connectivity index (χ1v) is 6.95. The van der Waals surface area contributed by atoms with E-state index in [-0.39, 0.29) is 24.5 Å². The number of amides is 1. The molecule has 0 aliphatic heterocycles. The van der Waals surface area contributed by atoms with E-state index in [1.54, 1.807) is 0 Å². The number of rotatable bonds is 7. The molecule has 0 aliphatic rings. The van der Waals surface area contributed by atoms with Crippen LogP contribution in [-0.4, -0.2) is 35.2 Å².